The smallest absolute Gasteiger partial charge is 0.0932 e. The van der Waals surface area contributed by atoms with Gasteiger partial charge in [-0.1, -0.05) is 6.07 Å². The predicted octanol–water partition coefficient (Wildman–Crippen LogP) is 1.89. The SMILES string of the molecule is NC[C@H](O)c1c(I)cccc1I. The Bertz CT molecular complexity index is 258. The summed E-state index contributed by atoms with van der Waals surface area (Å²) in [4.78, 5) is 0. The second-order valence-corrected chi connectivity index (χ2v) is 4.71. The van der Waals surface area contributed by atoms with Gasteiger partial charge in [0.25, 0.3) is 0 Å². The Morgan fingerprint density at radius 3 is 2.25 bits per heavy atom. The monoisotopic (exact) mass is 389 g/mol. The van der Waals surface area contributed by atoms with Crippen LogP contribution in [0.1, 0.15) is 11.7 Å². The van der Waals surface area contributed by atoms with Crippen molar-refractivity contribution in [3.8, 4) is 0 Å². The van der Waals surface area contributed by atoms with Crippen LogP contribution in [0.15, 0.2) is 18.2 Å². The van der Waals surface area contributed by atoms with Gasteiger partial charge in [0, 0.05) is 19.2 Å². The van der Waals surface area contributed by atoms with Crippen molar-refractivity contribution in [2.45, 2.75) is 6.10 Å². The van der Waals surface area contributed by atoms with Gasteiger partial charge in [0.1, 0.15) is 0 Å². The van der Waals surface area contributed by atoms with Gasteiger partial charge in [0.05, 0.1) is 6.10 Å². The minimum Gasteiger partial charge on any atom is -0.387 e. The summed E-state index contributed by atoms with van der Waals surface area (Å²) in [6, 6.07) is 5.91. The average molecular weight is 389 g/mol. The molecule has 3 N–H and O–H groups in total. The summed E-state index contributed by atoms with van der Waals surface area (Å²) in [5.41, 5.74) is 6.33. The van der Waals surface area contributed by atoms with E-state index in [1.54, 1.807) is 0 Å². The molecule has 1 atom stereocenters. The van der Waals surface area contributed by atoms with Crippen LogP contribution in [0, 0.1) is 7.14 Å². The second-order valence-electron chi connectivity index (χ2n) is 2.39. The predicted molar refractivity (Wildman–Crippen MR) is 65.9 cm³/mol. The molecule has 0 fully saturated rings. The van der Waals surface area contributed by atoms with Crippen molar-refractivity contribution in [3.63, 3.8) is 0 Å². The van der Waals surface area contributed by atoms with Gasteiger partial charge in [0.2, 0.25) is 0 Å². The third kappa shape index (κ3) is 2.30. The molecular weight excluding hydrogens is 380 g/mol. The molecule has 4 heteroatoms. The zero-order valence-corrected chi connectivity index (χ0v) is 10.6. The molecule has 2 nitrogen and oxygen atoms in total. The molecule has 1 aromatic carbocycles. The van der Waals surface area contributed by atoms with Crippen molar-refractivity contribution < 1.29 is 5.11 Å². The summed E-state index contributed by atoms with van der Waals surface area (Å²) in [5.74, 6) is 0. The molecule has 0 radical (unpaired) electrons. The summed E-state index contributed by atoms with van der Waals surface area (Å²) in [6.07, 6.45) is -0.537. The minimum atomic E-state index is -0.537. The van der Waals surface area contributed by atoms with Crippen molar-refractivity contribution in [3.05, 3.63) is 30.9 Å². The van der Waals surface area contributed by atoms with Crippen LogP contribution >= 0.6 is 45.2 Å². The highest BCUT2D eigenvalue weighted by atomic mass is 127. The largest absolute Gasteiger partial charge is 0.387 e. The van der Waals surface area contributed by atoms with Gasteiger partial charge in [-0.05, 0) is 57.3 Å². The highest BCUT2D eigenvalue weighted by Crippen LogP contribution is 2.24. The highest BCUT2D eigenvalue weighted by Gasteiger charge is 2.12. The molecule has 66 valence electrons. The number of hydrogen-bond acceptors (Lipinski definition) is 2. The molecule has 0 aromatic heterocycles. The van der Waals surface area contributed by atoms with Crippen LogP contribution in [0.5, 0.6) is 0 Å². The lowest BCUT2D eigenvalue weighted by atomic mass is 10.1. The molecule has 0 heterocycles. The fourth-order valence-electron chi connectivity index (χ4n) is 0.947. The summed E-state index contributed by atoms with van der Waals surface area (Å²) in [7, 11) is 0. The van der Waals surface area contributed by atoms with Gasteiger partial charge in [-0.25, -0.2) is 0 Å². The molecule has 0 aliphatic carbocycles. The standard InChI is InChI=1S/C8H9I2NO/c9-5-2-1-3-6(10)8(5)7(12)4-11/h1-3,7,12H,4,11H2/t7-/m0/s1. The van der Waals surface area contributed by atoms with Crippen LogP contribution in [0.4, 0.5) is 0 Å². The fraction of sp³-hybridized carbons (Fsp3) is 0.250. The maximum absolute atomic E-state index is 9.56. The zero-order valence-electron chi connectivity index (χ0n) is 6.30. The van der Waals surface area contributed by atoms with E-state index in [1.165, 1.54) is 0 Å². The molecule has 0 aliphatic rings. The number of nitrogens with two attached hydrogens (primary N) is 1. The van der Waals surface area contributed by atoms with Crippen molar-refractivity contribution in [1.29, 1.82) is 0 Å². The number of rotatable bonds is 2. The average Bonchev–Trinajstić information content (AvgIpc) is 2.03. The van der Waals surface area contributed by atoms with Gasteiger partial charge in [-0.3, -0.25) is 0 Å². The van der Waals surface area contributed by atoms with Gasteiger partial charge < -0.3 is 10.8 Å². The van der Waals surface area contributed by atoms with E-state index < -0.39 is 6.10 Å². The quantitative estimate of drug-likeness (QED) is 0.760. The number of aliphatic hydroxyl groups is 1. The first kappa shape index (κ1) is 10.7. The van der Waals surface area contributed by atoms with Crippen molar-refractivity contribution in [1.82, 2.24) is 0 Å². The maximum atomic E-state index is 9.56. The molecule has 1 aromatic rings. The Morgan fingerprint density at radius 1 is 1.33 bits per heavy atom. The highest BCUT2D eigenvalue weighted by molar-refractivity contribution is 14.1. The lowest BCUT2D eigenvalue weighted by molar-refractivity contribution is 0.185. The molecular formula is C8H9I2NO. The van der Waals surface area contributed by atoms with Crippen LogP contribution < -0.4 is 5.73 Å². The lowest BCUT2D eigenvalue weighted by Crippen LogP contribution is -2.14. The van der Waals surface area contributed by atoms with Crippen LogP contribution in [-0.4, -0.2) is 11.7 Å². The Hall–Kier alpha value is 0.600. The number of benzene rings is 1. The van der Waals surface area contributed by atoms with Gasteiger partial charge in [-0.15, -0.1) is 0 Å². The van der Waals surface area contributed by atoms with Crippen molar-refractivity contribution >= 4 is 45.2 Å². The van der Waals surface area contributed by atoms with E-state index in [0.29, 0.717) is 0 Å². The van der Waals surface area contributed by atoms with Gasteiger partial charge in [0.15, 0.2) is 0 Å². The molecule has 0 saturated carbocycles. The first-order valence-corrected chi connectivity index (χ1v) is 5.64. The lowest BCUT2D eigenvalue weighted by Gasteiger charge is -2.12. The topological polar surface area (TPSA) is 46.2 Å². The van der Waals surface area contributed by atoms with Crippen LogP contribution in [-0.2, 0) is 0 Å². The molecule has 0 saturated heterocycles. The summed E-state index contributed by atoms with van der Waals surface area (Å²) < 4.78 is 2.13. The van der Waals surface area contributed by atoms with Gasteiger partial charge >= 0.3 is 0 Å². The Morgan fingerprint density at radius 2 is 1.83 bits per heavy atom. The van der Waals surface area contributed by atoms with E-state index in [0.717, 1.165) is 12.7 Å². The zero-order chi connectivity index (χ0) is 9.14. The third-order valence-corrected chi connectivity index (χ3v) is 3.44. The molecule has 12 heavy (non-hydrogen) atoms. The minimum absolute atomic E-state index is 0.274. The maximum Gasteiger partial charge on any atom is 0.0932 e. The van der Waals surface area contributed by atoms with Crippen LogP contribution in [0.25, 0.3) is 0 Å². The molecule has 0 bridgehead atoms. The first-order chi connectivity index (χ1) is 5.66. The molecule has 1 rings (SSSR count). The number of hydrogen-bond donors (Lipinski definition) is 2. The Balaban J connectivity index is 3.12. The Kier molecular flexibility index (Phi) is 4.21. The molecule has 0 aliphatic heterocycles. The van der Waals surface area contributed by atoms with E-state index in [-0.39, 0.29) is 6.54 Å². The van der Waals surface area contributed by atoms with E-state index in [4.69, 9.17) is 5.73 Å². The van der Waals surface area contributed by atoms with E-state index in [2.05, 4.69) is 45.2 Å². The summed E-state index contributed by atoms with van der Waals surface area (Å²) >= 11 is 4.41. The van der Waals surface area contributed by atoms with Crippen LogP contribution in [0.2, 0.25) is 0 Å². The molecule has 0 spiro atoms. The third-order valence-electron chi connectivity index (χ3n) is 1.56. The summed E-state index contributed by atoms with van der Waals surface area (Å²) in [5, 5.41) is 9.56. The molecule has 0 unspecified atom stereocenters. The van der Waals surface area contributed by atoms with Crippen molar-refractivity contribution in [2.75, 3.05) is 6.54 Å². The normalized spacial score (nSPS) is 13.0. The molecule has 0 amide bonds. The number of halogens is 2. The number of aliphatic hydroxyl groups excluding tert-OH is 1. The van der Waals surface area contributed by atoms with E-state index in [1.807, 2.05) is 18.2 Å². The first-order valence-electron chi connectivity index (χ1n) is 3.49. The fourth-order valence-corrected chi connectivity index (χ4v) is 3.18. The van der Waals surface area contributed by atoms with Gasteiger partial charge in [-0.2, -0.15) is 0 Å². The van der Waals surface area contributed by atoms with Crippen LogP contribution in [0.3, 0.4) is 0 Å². The summed E-state index contributed by atoms with van der Waals surface area (Å²) in [6.45, 7) is 0.274. The van der Waals surface area contributed by atoms with Crippen molar-refractivity contribution in [2.24, 2.45) is 5.73 Å². The Labute approximate surface area is 98.8 Å². The van der Waals surface area contributed by atoms with E-state index >= 15 is 0 Å². The second kappa shape index (κ2) is 4.73. The van der Waals surface area contributed by atoms with E-state index in [9.17, 15) is 5.11 Å².